The number of imidazole rings is 1. The molecule has 180 valence electrons. The molecule has 0 spiro atoms. The van der Waals surface area contributed by atoms with Crippen LogP contribution >= 0.6 is 11.6 Å². The number of halogens is 3. The number of aryl methyl sites for hydroxylation is 1. The molecule has 2 saturated carbocycles. The molecule has 2 aliphatic carbocycles. The van der Waals surface area contributed by atoms with E-state index in [4.69, 9.17) is 11.6 Å². The lowest BCUT2D eigenvalue weighted by molar-refractivity contribution is 0.0322. The summed E-state index contributed by atoms with van der Waals surface area (Å²) in [5, 5.41) is 13.7. The summed E-state index contributed by atoms with van der Waals surface area (Å²) in [6.45, 7) is 0.555. The minimum atomic E-state index is -1.52. The first-order valence-electron chi connectivity index (χ1n) is 11.5. The third kappa shape index (κ3) is 4.33. The molecule has 6 nitrogen and oxygen atoms in total. The number of amides is 1. The lowest BCUT2D eigenvalue weighted by Gasteiger charge is -2.38. The van der Waals surface area contributed by atoms with Crippen molar-refractivity contribution in [3.63, 3.8) is 0 Å². The van der Waals surface area contributed by atoms with Crippen molar-refractivity contribution < 1.29 is 18.7 Å². The number of carbonyl (C=O) groups is 1. The van der Waals surface area contributed by atoms with Crippen LogP contribution in [0.3, 0.4) is 0 Å². The third-order valence-corrected chi connectivity index (χ3v) is 7.64. The minimum Gasteiger partial charge on any atom is -0.378 e. The van der Waals surface area contributed by atoms with E-state index in [1.165, 1.54) is 18.2 Å². The monoisotopic (exact) mass is 488 g/mol. The van der Waals surface area contributed by atoms with E-state index in [9.17, 15) is 18.7 Å². The fourth-order valence-electron chi connectivity index (χ4n) is 5.89. The molecule has 1 amide bonds. The Morgan fingerprint density at radius 2 is 1.91 bits per heavy atom. The van der Waals surface area contributed by atoms with Gasteiger partial charge in [-0.25, -0.2) is 13.8 Å². The number of hydrogen-bond donors (Lipinski definition) is 2. The molecule has 3 fully saturated rings. The summed E-state index contributed by atoms with van der Waals surface area (Å²) in [5.41, 5.74) is -1.10. The summed E-state index contributed by atoms with van der Waals surface area (Å²) in [6.07, 6.45) is 4.22. The first kappa shape index (κ1) is 23.3. The van der Waals surface area contributed by atoms with Crippen LogP contribution in [0.1, 0.15) is 47.8 Å². The molecule has 5 rings (SSSR count). The van der Waals surface area contributed by atoms with Crippen LogP contribution in [-0.2, 0) is 7.05 Å². The van der Waals surface area contributed by atoms with Crippen LogP contribution in [-0.4, -0.2) is 56.9 Å². The highest BCUT2D eigenvalue weighted by molar-refractivity contribution is 6.31. The van der Waals surface area contributed by atoms with E-state index in [-0.39, 0.29) is 41.8 Å². The zero-order valence-corrected chi connectivity index (χ0v) is 19.9. The zero-order valence-electron chi connectivity index (χ0n) is 19.1. The first-order valence-corrected chi connectivity index (χ1v) is 11.8. The number of benzene rings is 1. The number of nitrogens with one attached hydrogen (secondary N) is 1. The Morgan fingerprint density at radius 1 is 1.24 bits per heavy atom. The number of aromatic nitrogens is 2. The van der Waals surface area contributed by atoms with Gasteiger partial charge in [-0.2, -0.15) is 0 Å². The molecule has 2 aromatic rings. The van der Waals surface area contributed by atoms with Gasteiger partial charge in [-0.15, -0.1) is 0 Å². The average Bonchev–Trinajstić information content (AvgIpc) is 3.39. The topological polar surface area (TPSA) is 70.4 Å². The number of aliphatic hydroxyl groups is 1. The second kappa shape index (κ2) is 8.33. The second-order valence-corrected chi connectivity index (χ2v) is 10.6. The van der Waals surface area contributed by atoms with Crippen molar-refractivity contribution in [3.8, 4) is 11.8 Å². The standard InChI is InChI=1S/C25H27ClF2N4O2/c1-31-12-24(28,13-31)5-6-25(34)10-16-7-15(8-17(16)11-25)21-22(32(2)14-29-21)23(33)30-18-3-4-20(27)19(26)9-18/h3-4,9,14-17,34H,7-8,10-13H2,1-2H3,(H,30,33). The van der Waals surface area contributed by atoms with Gasteiger partial charge >= 0.3 is 0 Å². The molecule has 1 saturated heterocycles. The van der Waals surface area contributed by atoms with E-state index >= 15 is 0 Å². The quantitative estimate of drug-likeness (QED) is 0.645. The van der Waals surface area contributed by atoms with Gasteiger partial charge in [0.1, 0.15) is 17.1 Å². The molecular weight excluding hydrogens is 462 g/mol. The molecule has 3 aliphatic rings. The van der Waals surface area contributed by atoms with E-state index in [1.54, 1.807) is 17.9 Å². The van der Waals surface area contributed by atoms with Crippen molar-refractivity contribution in [2.24, 2.45) is 18.9 Å². The van der Waals surface area contributed by atoms with Crippen molar-refractivity contribution in [2.75, 3.05) is 25.5 Å². The number of likely N-dealkylation sites (tertiary alicyclic amines) is 1. The number of carbonyl (C=O) groups excluding carboxylic acids is 1. The molecule has 2 N–H and O–H groups in total. The van der Waals surface area contributed by atoms with Crippen molar-refractivity contribution in [2.45, 2.75) is 42.9 Å². The Labute approximate surface area is 202 Å². The smallest absolute Gasteiger partial charge is 0.274 e. The van der Waals surface area contributed by atoms with Crippen molar-refractivity contribution in [1.29, 1.82) is 0 Å². The highest BCUT2D eigenvalue weighted by atomic mass is 35.5. The number of fused-ring (bicyclic) bond motifs is 1. The Hall–Kier alpha value is -2.47. The van der Waals surface area contributed by atoms with Crippen molar-refractivity contribution in [1.82, 2.24) is 14.5 Å². The summed E-state index contributed by atoms with van der Waals surface area (Å²) >= 11 is 5.83. The highest BCUT2D eigenvalue weighted by Gasteiger charge is 2.50. The fourth-order valence-corrected chi connectivity index (χ4v) is 6.07. The van der Waals surface area contributed by atoms with Crippen LogP contribution in [0, 0.1) is 29.5 Å². The van der Waals surface area contributed by atoms with Crippen LogP contribution in [0.5, 0.6) is 0 Å². The van der Waals surface area contributed by atoms with Gasteiger partial charge in [0, 0.05) is 31.7 Å². The molecule has 9 heteroatoms. The summed E-state index contributed by atoms with van der Waals surface area (Å²) in [7, 11) is 3.60. The van der Waals surface area contributed by atoms with Crippen LogP contribution in [0.15, 0.2) is 24.5 Å². The fraction of sp³-hybridized carbons (Fsp3) is 0.520. The van der Waals surface area contributed by atoms with Gasteiger partial charge < -0.3 is 15.0 Å². The summed E-state index contributed by atoms with van der Waals surface area (Å²) < 4.78 is 29.6. The lowest BCUT2D eigenvalue weighted by atomic mass is 9.91. The SMILES string of the molecule is CN1CC(F)(C#CC2(O)CC3CC(c4ncn(C)c4C(=O)Nc4ccc(F)c(Cl)c4)CC3C2)C1. The van der Waals surface area contributed by atoms with Crippen LogP contribution in [0.25, 0.3) is 0 Å². The van der Waals surface area contributed by atoms with Gasteiger partial charge in [-0.1, -0.05) is 23.4 Å². The molecule has 0 bridgehead atoms. The van der Waals surface area contributed by atoms with E-state index in [0.29, 0.717) is 24.2 Å². The zero-order chi connectivity index (χ0) is 24.3. The molecule has 1 aromatic carbocycles. The summed E-state index contributed by atoms with van der Waals surface area (Å²) in [4.78, 5) is 19.4. The summed E-state index contributed by atoms with van der Waals surface area (Å²) in [5.74, 6) is 5.23. The first-order chi connectivity index (χ1) is 16.0. The van der Waals surface area contributed by atoms with Crippen LogP contribution in [0.4, 0.5) is 14.5 Å². The van der Waals surface area contributed by atoms with E-state index in [1.807, 2.05) is 11.9 Å². The molecule has 2 unspecified atom stereocenters. The molecule has 2 heterocycles. The molecule has 1 aromatic heterocycles. The Bertz CT molecular complexity index is 1180. The highest BCUT2D eigenvalue weighted by Crippen LogP contribution is 2.54. The maximum absolute atomic E-state index is 14.5. The Morgan fingerprint density at radius 3 is 2.53 bits per heavy atom. The van der Waals surface area contributed by atoms with E-state index in [2.05, 4.69) is 22.1 Å². The van der Waals surface area contributed by atoms with Gasteiger partial charge in [0.05, 0.1) is 17.0 Å². The number of hydrogen-bond acceptors (Lipinski definition) is 4. The van der Waals surface area contributed by atoms with Crippen LogP contribution in [0.2, 0.25) is 5.02 Å². The number of alkyl halides is 1. The Balaban J connectivity index is 1.27. The Kier molecular flexibility index (Phi) is 5.70. The van der Waals surface area contributed by atoms with Gasteiger partial charge in [0.2, 0.25) is 0 Å². The predicted molar refractivity (Wildman–Crippen MR) is 125 cm³/mol. The largest absolute Gasteiger partial charge is 0.378 e. The number of anilines is 1. The van der Waals surface area contributed by atoms with E-state index < -0.39 is 17.1 Å². The second-order valence-electron chi connectivity index (χ2n) is 10.2. The maximum atomic E-state index is 14.5. The van der Waals surface area contributed by atoms with Gasteiger partial charge in [-0.05, 0) is 62.8 Å². The lowest BCUT2D eigenvalue weighted by Crippen LogP contribution is -2.56. The van der Waals surface area contributed by atoms with Crippen LogP contribution < -0.4 is 5.32 Å². The summed E-state index contributed by atoms with van der Waals surface area (Å²) in [6, 6.07) is 4.04. The van der Waals surface area contributed by atoms with Gasteiger partial charge in [0.15, 0.2) is 5.67 Å². The van der Waals surface area contributed by atoms with E-state index in [0.717, 1.165) is 18.5 Å². The molecule has 2 atom stereocenters. The predicted octanol–water partition coefficient (Wildman–Crippen LogP) is 3.76. The number of nitrogens with zero attached hydrogens (tertiary/aromatic N) is 3. The number of rotatable bonds is 3. The third-order valence-electron chi connectivity index (χ3n) is 7.35. The molecule has 1 aliphatic heterocycles. The van der Waals surface area contributed by atoms with Gasteiger partial charge in [-0.3, -0.25) is 9.69 Å². The van der Waals surface area contributed by atoms with Gasteiger partial charge in [0.25, 0.3) is 5.91 Å². The maximum Gasteiger partial charge on any atom is 0.274 e. The normalized spacial score (nSPS) is 29.8. The molecule has 0 radical (unpaired) electrons. The molecular formula is C25H27ClF2N4O2. The van der Waals surface area contributed by atoms with Crippen molar-refractivity contribution >= 4 is 23.2 Å². The average molecular weight is 489 g/mol. The van der Waals surface area contributed by atoms with Crippen molar-refractivity contribution in [3.05, 3.63) is 46.8 Å². The minimum absolute atomic E-state index is 0.0646. The molecule has 34 heavy (non-hydrogen) atoms.